The number of rotatable bonds is 5. The second kappa shape index (κ2) is 7.20. The molecule has 0 saturated carbocycles. The van der Waals surface area contributed by atoms with Crippen LogP contribution in [0, 0.1) is 5.92 Å². The maximum absolute atomic E-state index is 11.6. The van der Waals surface area contributed by atoms with Crippen molar-refractivity contribution in [2.75, 3.05) is 26.0 Å². The third-order valence-electron chi connectivity index (χ3n) is 4.43. The number of ether oxygens (including phenoxy) is 1. The molecule has 2 aliphatic heterocycles. The van der Waals surface area contributed by atoms with E-state index < -0.39 is 10.0 Å². The van der Waals surface area contributed by atoms with Gasteiger partial charge < -0.3 is 10.5 Å². The normalized spacial score (nSPS) is 31.1. The fraction of sp³-hybridized carbons (Fsp3) is 1.00. The van der Waals surface area contributed by atoms with Crippen molar-refractivity contribution in [3.8, 4) is 0 Å². The van der Waals surface area contributed by atoms with Crippen LogP contribution in [0.25, 0.3) is 0 Å². The minimum atomic E-state index is -3.05. The van der Waals surface area contributed by atoms with E-state index in [0.717, 1.165) is 45.1 Å². The molecular weight excluding hydrogens is 276 g/mol. The standard InChI is InChI=1S/C14H28N2O3S/c1-20(17,18)16-7-4-5-12(11-16)9-13(15)10-14-6-2-3-8-19-14/h12-14H,2-11,15H2,1H3. The molecule has 0 aromatic carbocycles. The highest BCUT2D eigenvalue weighted by atomic mass is 32.2. The number of nitrogens with two attached hydrogens (primary N) is 1. The van der Waals surface area contributed by atoms with Crippen LogP contribution in [-0.2, 0) is 14.8 Å². The summed E-state index contributed by atoms with van der Waals surface area (Å²) in [5, 5.41) is 0. The van der Waals surface area contributed by atoms with Crippen molar-refractivity contribution in [1.82, 2.24) is 4.31 Å². The molecule has 0 bridgehead atoms. The lowest BCUT2D eigenvalue weighted by Gasteiger charge is -2.33. The molecular formula is C14H28N2O3S. The molecule has 20 heavy (non-hydrogen) atoms. The summed E-state index contributed by atoms with van der Waals surface area (Å²) in [6.07, 6.45) is 8.99. The number of nitrogens with zero attached hydrogens (tertiary/aromatic N) is 1. The van der Waals surface area contributed by atoms with Gasteiger partial charge in [-0.25, -0.2) is 12.7 Å². The van der Waals surface area contributed by atoms with Gasteiger partial charge >= 0.3 is 0 Å². The molecule has 0 spiro atoms. The van der Waals surface area contributed by atoms with Crippen molar-refractivity contribution >= 4 is 10.0 Å². The van der Waals surface area contributed by atoms with Gasteiger partial charge in [0.2, 0.25) is 10.0 Å². The van der Waals surface area contributed by atoms with Crippen LogP contribution in [0.15, 0.2) is 0 Å². The fourth-order valence-electron chi connectivity index (χ4n) is 3.38. The van der Waals surface area contributed by atoms with Crippen LogP contribution in [0.4, 0.5) is 0 Å². The van der Waals surface area contributed by atoms with Crippen LogP contribution in [-0.4, -0.2) is 50.8 Å². The van der Waals surface area contributed by atoms with Crippen molar-refractivity contribution in [2.45, 2.75) is 57.1 Å². The van der Waals surface area contributed by atoms with Crippen LogP contribution in [0.2, 0.25) is 0 Å². The van der Waals surface area contributed by atoms with Gasteiger partial charge in [0, 0.05) is 25.7 Å². The molecule has 0 aromatic heterocycles. The molecule has 0 radical (unpaired) electrons. The molecule has 6 heteroatoms. The molecule has 0 aliphatic carbocycles. The van der Waals surface area contributed by atoms with E-state index in [1.54, 1.807) is 4.31 Å². The minimum absolute atomic E-state index is 0.127. The van der Waals surface area contributed by atoms with E-state index in [1.807, 2.05) is 0 Å². The first kappa shape index (κ1) is 16.2. The van der Waals surface area contributed by atoms with Crippen LogP contribution in [0.3, 0.4) is 0 Å². The first-order valence-corrected chi connectivity index (χ1v) is 9.62. The SMILES string of the molecule is CS(=O)(=O)N1CCCC(CC(N)CC2CCCCO2)C1. The second-order valence-corrected chi connectivity index (χ2v) is 8.33. The summed E-state index contributed by atoms with van der Waals surface area (Å²) in [4.78, 5) is 0. The quantitative estimate of drug-likeness (QED) is 0.832. The fourth-order valence-corrected chi connectivity index (χ4v) is 4.32. The van der Waals surface area contributed by atoms with E-state index in [0.29, 0.717) is 25.1 Å². The third-order valence-corrected chi connectivity index (χ3v) is 5.70. The van der Waals surface area contributed by atoms with Gasteiger partial charge in [-0.1, -0.05) is 0 Å². The van der Waals surface area contributed by atoms with E-state index in [9.17, 15) is 8.42 Å². The van der Waals surface area contributed by atoms with Crippen molar-refractivity contribution in [2.24, 2.45) is 11.7 Å². The predicted octanol–water partition coefficient (Wildman–Crippen LogP) is 1.33. The van der Waals surface area contributed by atoms with E-state index in [-0.39, 0.29) is 6.04 Å². The topological polar surface area (TPSA) is 72.6 Å². The smallest absolute Gasteiger partial charge is 0.211 e. The number of sulfonamides is 1. The van der Waals surface area contributed by atoms with Gasteiger partial charge in [0.05, 0.1) is 12.4 Å². The third kappa shape index (κ3) is 4.98. The molecule has 2 N–H and O–H groups in total. The summed E-state index contributed by atoms with van der Waals surface area (Å²) >= 11 is 0. The number of piperidine rings is 1. The van der Waals surface area contributed by atoms with Gasteiger partial charge in [0.15, 0.2) is 0 Å². The first-order valence-electron chi connectivity index (χ1n) is 7.77. The van der Waals surface area contributed by atoms with Crippen molar-refractivity contribution < 1.29 is 13.2 Å². The molecule has 2 fully saturated rings. The van der Waals surface area contributed by atoms with Crippen molar-refractivity contribution in [3.05, 3.63) is 0 Å². The summed E-state index contributed by atoms with van der Waals surface area (Å²) in [6.45, 7) is 2.16. The summed E-state index contributed by atoms with van der Waals surface area (Å²) < 4.78 is 30.5. The van der Waals surface area contributed by atoms with Crippen molar-refractivity contribution in [1.29, 1.82) is 0 Å². The molecule has 2 saturated heterocycles. The van der Waals surface area contributed by atoms with E-state index in [2.05, 4.69) is 0 Å². The maximum Gasteiger partial charge on any atom is 0.211 e. The Morgan fingerprint density at radius 1 is 1.25 bits per heavy atom. The van der Waals surface area contributed by atoms with Crippen molar-refractivity contribution in [3.63, 3.8) is 0 Å². The molecule has 3 unspecified atom stereocenters. The van der Waals surface area contributed by atoms with Gasteiger partial charge in [0.1, 0.15) is 0 Å². The molecule has 2 rings (SSSR count). The number of hydrogen-bond donors (Lipinski definition) is 1. The average molecular weight is 304 g/mol. The monoisotopic (exact) mass is 304 g/mol. The lowest BCUT2D eigenvalue weighted by atomic mass is 9.90. The highest BCUT2D eigenvalue weighted by Crippen LogP contribution is 2.25. The van der Waals surface area contributed by atoms with Gasteiger partial charge in [-0.3, -0.25) is 0 Å². The zero-order chi connectivity index (χ0) is 14.6. The molecule has 0 amide bonds. The highest BCUT2D eigenvalue weighted by molar-refractivity contribution is 7.88. The van der Waals surface area contributed by atoms with Crippen LogP contribution >= 0.6 is 0 Å². The Morgan fingerprint density at radius 3 is 2.70 bits per heavy atom. The Bertz CT molecular complexity index is 393. The summed E-state index contributed by atoms with van der Waals surface area (Å²) in [6, 6.07) is 0.127. The zero-order valence-corrected chi connectivity index (χ0v) is 13.3. The minimum Gasteiger partial charge on any atom is -0.378 e. The Balaban J connectivity index is 1.77. The zero-order valence-electron chi connectivity index (χ0n) is 12.5. The first-order chi connectivity index (χ1) is 9.45. The maximum atomic E-state index is 11.6. The second-order valence-electron chi connectivity index (χ2n) is 6.35. The summed E-state index contributed by atoms with van der Waals surface area (Å²) in [5.74, 6) is 0.400. The van der Waals surface area contributed by atoms with Gasteiger partial charge in [-0.2, -0.15) is 0 Å². The van der Waals surface area contributed by atoms with Crippen LogP contribution < -0.4 is 5.73 Å². The Hall–Kier alpha value is -0.170. The Kier molecular flexibility index (Phi) is 5.84. The molecule has 0 aromatic rings. The van der Waals surface area contributed by atoms with E-state index >= 15 is 0 Å². The Labute approximate surface area is 122 Å². The van der Waals surface area contributed by atoms with Gasteiger partial charge in [0.25, 0.3) is 0 Å². The molecule has 5 nitrogen and oxygen atoms in total. The Morgan fingerprint density at radius 2 is 2.05 bits per heavy atom. The summed E-state index contributed by atoms with van der Waals surface area (Å²) in [7, 11) is -3.05. The number of hydrogen-bond acceptors (Lipinski definition) is 4. The van der Waals surface area contributed by atoms with Crippen LogP contribution in [0.5, 0.6) is 0 Å². The van der Waals surface area contributed by atoms with E-state index in [4.69, 9.17) is 10.5 Å². The summed E-state index contributed by atoms with van der Waals surface area (Å²) in [5.41, 5.74) is 6.24. The average Bonchev–Trinajstić information content (AvgIpc) is 2.39. The highest BCUT2D eigenvalue weighted by Gasteiger charge is 2.27. The van der Waals surface area contributed by atoms with Crippen LogP contribution in [0.1, 0.15) is 44.9 Å². The molecule has 2 heterocycles. The van der Waals surface area contributed by atoms with E-state index in [1.165, 1.54) is 12.7 Å². The largest absolute Gasteiger partial charge is 0.378 e. The lowest BCUT2D eigenvalue weighted by Crippen LogP contribution is -2.41. The molecule has 2 aliphatic rings. The molecule has 3 atom stereocenters. The predicted molar refractivity (Wildman–Crippen MR) is 79.9 cm³/mol. The van der Waals surface area contributed by atoms with Gasteiger partial charge in [-0.05, 0) is 50.9 Å². The lowest BCUT2D eigenvalue weighted by molar-refractivity contribution is 0.00575. The van der Waals surface area contributed by atoms with Gasteiger partial charge in [-0.15, -0.1) is 0 Å². The molecule has 118 valence electrons.